The standard InChI is InChI=1S/C11H20O2/c1-2-3-4-5-6-7-8-10-9-11(12)13-10/h10H,2-9H2,1H3/t10-/m0/s1. The fourth-order valence-electron chi connectivity index (χ4n) is 1.68. The molecule has 1 aliphatic heterocycles. The zero-order valence-corrected chi connectivity index (χ0v) is 8.55. The van der Waals surface area contributed by atoms with Crippen molar-refractivity contribution in [3.05, 3.63) is 0 Å². The zero-order chi connectivity index (χ0) is 9.52. The van der Waals surface area contributed by atoms with E-state index in [-0.39, 0.29) is 12.1 Å². The minimum absolute atomic E-state index is 0.0176. The van der Waals surface area contributed by atoms with Crippen LogP contribution in [0.25, 0.3) is 0 Å². The van der Waals surface area contributed by atoms with E-state index in [0.29, 0.717) is 6.42 Å². The molecule has 0 unspecified atom stereocenters. The second-order valence-electron chi connectivity index (χ2n) is 3.87. The van der Waals surface area contributed by atoms with Crippen LogP contribution in [0.15, 0.2) is 0 Å². The maximum Gasteiger partial charge on any atom is 0.309 e. The van der Waals surface area contributed by atoms with Crippen molar-refractivity contribution in [2.45, 2.75) is 64.4 Å². The van der Waals surface area contributed by atoms with E-state index >= 15 is 0 Å². The van der Waals surface area contributed by atoms with Gasteiger partial charge in [-0.25, -0.2) is 0 Å². The Hall–Kier alpha value is -0.530. The Morgan fingerprint density at radius 1 is 1.23 bits per heavy atom. The molecule has 0 radical (unpaired) electrons. The fourth-order valence-corrected chi connectivity index (χ4v) is 1.68. The van der Waals surface area contributed by atoms with E-state index < -0.39 is 0 Å². The van der Waals surface area contributed by atoms with Gasteiger partial charge in [0.2, 0.25) is 0 Å². The number of hydrogen-bond donors (Lipinski definition) is 0. The van der Waals surface area contributed by atoms with Crippen LogP contribution in [-0.4, -0.2) is 12.1 Å². The fraction of sp³-hybridized carbons (Fsp3) is 0.909. The van der Waals surface area contributed by atoms with Gasteiger partial charge in [0.1, 0.15) is 6.10 Å². The summed E-state index contributed by atoms with van der Waals surface area (Å²) < 4.78 is 4.93. The van der Waals surface area contributed by atoms with E-state index in [1.165, 1.54) is 38.5 Å². The predicted molar refractivity (Wildman–Crippen MR) is 52.5 cm³/mol. The summed E-state index contributed by atoms with van der Waals surface area (Å²) in [5.74, 6) is -0.0176. The van der Waals surface area contributed by atoms with E-state index in [4.69, 9.17) is 4.74 Å². The molecule has 13 heavy (non-hydrogen) atoms. The van der Waals surface area contributed by atoms with Crippen LogP contribution in [0.4, 0.5) is 0 Å². The van der Waals surface area contributed by atoms with Crippen LogP contribution in [0.2, 0.25) is 0 Å². The van der Waals surface area contributed by atoms with Gasteiger partial charge >= 0.3 is 5.97 Å². The lowest BCUT2D eigenvalue weighted by Gasteiger charge is -2.25. The number of unbranched alkanes of at least 4 members (excludes halogenated alkanes) is 5. The summed E-state index contributed by atoms with van der Waals surface area (Å²) in [4.78, 5) is 10.5. The number of esters is 1. The van der Waals surface area contributed by atoms with Crippen molar-refractivity contribution in [3.63, 3.8) is 0 Å². The first-order valence-corrected chi connectivity index (χ1v) is 5.52. The molecule has 0 amide bonds. The predicted octanol–water partition coefficient (Wildman–Crippen LogP) is 3.05. The number of cyclic esters (lactones) is 1. The van der Waals surface area contributed by atoms with Crippen molar-refractivity contribution in [3.8, 4) is 0 Å². The normalized spacial score (nSPS) is 21.0. The Kier molecular flexibility index (Phi) is 4.87. The summed E-state index contributed by atoms with van der Waals surface area (Å²) in [6.45, 7) is 2.23. The van der Waals surface area contributed by atoms with Crippen molar-refractivity contribution in [1.82, 2.24) is 0 Å². The molecule has 1 rings (SSSR count). The first-order valence-electron chi connectivity index (χ1n) is 5.52. The number of carbonyl (C=O) groups is 1. The summed E-state index contributed by atoms with van der Waals surface area (Å²) in [6, 6.07) is 0. The molecule has 1 saturated heterocycles. The molecule has 2 nitrogen and oxygen atoms in total. The highest BCUT2D eigenvalue weighted by Gasteiger charge is 2.27. The Balaban J connectivity index is 1.77. The van der Waals surface area contributed by atoms with Crippen molar-refractivity contribution in [2.75, 3.05) is 0 Å². The molecule has 1 fully saturated rings. The van der Waals surface area contributed by atoms with Crippen LogP contribution in [0.3, 0.4) is 0 Å². The van der Waals surface area contributed by atoms with E-state index in [1.54, 1.807) is 0 Å². The molecular formula is C11H20O2. The van der Waals surface area contributed by atoms with Gasteiger partial charge in [0.05, 0.1) is 6.42 Å². The topological polar surface area (TPSA) is 26.3 Å². The van der Waals surface area contributed by atoms with E-state index in [1.807, 2.05) is 0 Å². The van der Waals surface area contributed by atoms with Crippen LogP contribution in [0.5, 0.6) is 0 Å². The van der Waals surface area contributed by atoms with Crippen LogP contribution < -0.4 is 0 Å². The minimum Gasteiger partial charge on any atom is -0.462 e. The maximum absolute atomic E-state index is 10.5. The van der Waals surface area contributed by atoms with Gasteiger partial charge in [0, 0.05) is 0 Å². The molecule has 2 heteroatoms. The Labute approximate surface area is 80.7 Å². The number of ether oxygens (including phenoxy) is 1. The minimum atomic E-state index is -0.0176. The van der Waals surface area contributed by atoms with Gasteiger partial charge in [-0.05, 0) is 12.8 Å². The average molecular weight is 184 g/mol. The third-order valence-corrected chi connectivity index (χ3v) is 2.57. The van der Waals surface area contributed by atoms with Gasteiger partial charge in [0.25, 0.3) is 0 Å². The van der Waals surface area contributed by atoms with Gasteiger partial charge < -0.3 is 4.74 Å². The SMILES string of the molecule is CCCCCCCC[C@H]1CC(=O)O1. The first-order chi connectivity index (χ1) is 6.33. The van der Waals surface area contributed by atoms with Gasteiger partial charge in [-0.15, -0.1) is 0 Å². The summed E-state index contributed by atoms with van der Waals surface area (Å²) >= 11 is 0. The summed E-state index contributed by atoms with van der Waals surface area (Å²) in [6.07, 6.45) is 9.90. The Morgan fingerprint density at radius 3 is 2.46 bits per heavy atom. The molecule has 0 aliphatic carbocycles. The quantitative estimate of drug-likeness (QED) is 0.449. The first kappa shape index (κ1) is 10.6. The van der Waals surface area contributed by atoms with Gasteiger partial charge in [0.15, 0.2) is 0 Å². The molecule has 0 N–H and O–H groups in total. The molecule has 1 aliphatic rings. The molecule has 0 spiro atoms. The highest BCUT2D eigenvalue weighted by atomic mass is 16.6. The molecule has 0 bridgehead atoms. The maximum atomic E-state index is 10.5. The molecule has 0 aromatic carbocycles. The van der Waals surface area contributed by atoms with E-state index in [0.717, 1.165) is 6.42 Å². The average Bonchev–Trinajstić information content (AvgIpc) is 2.07. The zero-order valence-electron chi connectivity index (χ0n) is 8.55. The van der Waals surface area contributed by atoms with Crippen molar-refractivity contribution >= 4 is 5.97 Å². The van der Waals surface area contributed by atoms with Crippen molar-refractivity contribution in [2.24, 2.45) is 0 Å². The second kappa shape index (κ2) is 6.01. The van der Waals surface area contributed by atoms with Crippen LogP contribution in [0, 0.1) is 0 Å². The molecule has 1 heterocycles. The monoisotopic (exact) mass is 184 g/mol. The van der Waals surface area contributed by atoms with Gasteiger partial charge in [-0.3, -0.25) is 4.79 Å². The van der Waals surface area contributed by atoms with Crippen LogP contribution in [0.1, 0.15) is 58.3 Å². The lowest BCUT2D eigenvalue weighted by atomic mass is 10.0. The molecule has 1 atom stereocenters. The lowest BCUT2D eigenvalue weighted by molar-refractivity contribution is -0.169. The summed E-state index contributed by atoms with van der Waals surface area (Å²) in [7, 11) is 0. The largest absolute Gasteiger partial charge is 0.462 e. The highest BCUT2D eigenvalue weighted by Crippen LogP contribution is 2.19. The molecular weight excluding hydrogens is 164 g/mol. The van der Waals surface area contributed by atoms with Gasteiger partial charge in [-0.1, -0.05) is 39.0 Å². The molecule has 0 aromatic rings. The third-order valence-electron chi connectivity index (χ3n) is 2.57. The Morgan fingerprint density at radius 2 is 1.85 bits per heavy atom. The number of hydrogen-bond acceptors (Lipinski definition) is 2. The summed E-state index contributed by atoms with van der Waals surface area (Å²) in [5.41, 5.74) is 0. The van der Waals surface area contributed by atoms with Crippen molar-refractivity contribution < 1.29 is 9.53 Å². The third kappa shape index (κ3) is 4.30. The van der Waals surface area contributed by atoms with E-state index in [9.17, 15) is 4.79 Å². The van der Waals surface area contributed by atoms with Crippen LogP contribution >= 0.6 is 0 Å². The smallest absolute Gasteiger partial charge is 0.309 e. The molecule has 76 valence electrons. The van der Waals surface area contributed by atoms with Crippen molar-refractivity contribution in [1.29, 1.82) is 0 Å². The van der Waals surface area contributed by atoms with E-state index in [2.05, 4.69) is 6.92 Å². The van der Waals surface area contributed by atoms with Gasteiger partial charge in [-0.2, -0.15) is 0 Å². The highest BCUT2D eigenvalue weighted by molar-refractivity contribution is 5.75. The second-order valence-corrected chi connectivity index (χ2v) is 3.87. The van der Waals surface area contributed by atoms with Crippen LogP contribution in [-0.2, 0) is 9.53 Å². The molecule has 0 saturated carbocycles. The molecule has 0 aromatic heterocycles. The number of rotatable bonds is 7. The lowest BCUT2D eigenvalue weighted by Crippen LogP contribution is -2.32. The Bertz CT molecular complexity index is 146. The summed E-state index contributed by atoms with van der Waals surface area (Å²) in [5, 5.41) is 0. The number of carbonyl (C=O) groups excluding carboxylic acids is 1.